The maximum Gasteiger partial charge on any atom is 0.311 e. The first-order chi connectivity index (χ1) is 12.1. The molecule has 3 aromatic rings. The van der Waals surface area contributed by atoms with Crippen LogP contribution in [0.4, 0.5) is 0 Å². The zero-order valence-corrected chi connectivity index (χ0v) is 14.7. The van der Waals surface area contributed by atoms with E-state index in [1.807, 2.05) is 37.3 Å². The first kappa shape index (κ1) is 16.0. The lowest BCUT2D eigenvalue weighted by Gasteiger charge is -2.11. The summed E-state index contributed by atoms with van der Waals surface area (Å²) in [5, 5.41) is 10.00. The monoisotopic (exact) mass is 354 g/mol. The van der Waals surface area contributed by atoms with Gasteiger partial charge >= 0.3 is 5.97 Å². The number of fused-ring (bicyclic) bond motifs is 3. The zero-order chi connectivity index (χ0) is 17.6. The van der Waals surface area contributed by atoms with Gasteiger partial charge in [0.1, 0.15) is 10.7 Å². The molecule has 128 valence electrons. The van der Waals surface area contributed by atoms with E-state index in [1.54, 1.807) is 4.57 Å². The Morgan fingerprint density at radius 1 is 1.36 bits per heavy atom. The minimum absolute atomic E-state index is 0.107. The number of thiophene rings is 1. The van der Waals surface area contributed by atoms with Crippen molar-refractivity contribution in [2.45, 2.75) is 38.6 Å². The smallest absolute Gasteiger partial charge is 0.311 e. The molecular weight excluding hydrogens is 336 g/mol. The van der Waals surface area contributed by atoms with Gasteiger partial charge in [-0.05, 0) is 37.3 Å². The summed E-state index contributed by atoms with van der Waals surface area (Å²) in [4.78, 5) is 30.9. The van der Waals surface area contributed by atoms with E-state index in [2.05, 4.69) is 4.98 Å². The highest BCUT2D eigenvalue weighted by Gasteiger charge is 2.34. The molecule has 2 aromatic heterocycles. The van der Waals surface area contributed by atoms with Crippen molar-refractivity contribution in [2.24, 2.45) is 0 Å². The van der Waals surface area contributed by atoms with Gasteiger partial charge in [-0.25, -0.2) is 4.98 Å². The van der Waals surface area contributed by atoms with Crippen molar-refractivity contribution in [3.05, 3.63) is 62.5 Å². The van der Waals surface area contributed by atoms with E-state index >= 15 is 0 Å². The highest BCUT2D eigenvalue weighted by Crippen LogP contribution is 2.42. The molecule has 0 saturated heterocycles. The van der Waals surface area contributed by atoms with Gasteiger partial charge in [0.2, 0.25) is 0 Å². The van der Waals surface area contributed by atoms with E-state index in [4.69, 9.17) is 0 Å². The van der Waals surface area contributed by atoms with Crippen LogP contribution in [-0.4, -0.2) is 20.6 Å². The van der Waals surface area contributed by atoms with Crippen LogP contribution in [0.2, 0.25) is 0 Å². The Morgan fingerprint density at radius 3 is 2.84 bits per heavy atom. The van der Waals surface area contributed by atoms with E-state index in [0.29, 0.717) is 34.6 Å². The quantitative estimate of drug-likeness (QED) is 0.781. The van der Waals surface area contributed by atoms with Gasteiger partial charge in [0.05, 0.1) is 11.3 Å². The molecule has 0 fully saturated rings. The molecule has 6 heteroatoms. The van der Waals surface area contributed by atoms with E-state index in [9.17, 15) is 14.7 Å². The van der Waals surface area contributed by atoms with Crippen LogP contribution in [0.3, 0.4) is 0 Å². The van der Waals surface area contributed by atoms with Gasteiger partial charge in [-0.3, -0.25) is 14.2 Å². The van der Waals surface area contributed by atoms with Crippen molar-refractivity contribution < 1.29 is 9.90 Å². The summed E-state index contributed by atoms with van der Waals surface area (Å²) in [5.41, 5.74) is 1.76. The molecule has 1 N–H and O–H groups in total. The van der Waals surface area contributed by atoms with Crippen molar-refractivity contribution in [2.75, 3.05) is 0 Å². The molecule has 1 aromatic carbocycles. The second kappa shape index (κ2) is 6.11. The van der Waals surface area contributed by atoms with Gasteiger partial charge < -0.3 is 5.11 Å². The van der Waals surface area contributed by atoms with Crippen molar-refractivity contribution in [1.82, 2.24) is 9.55 Å². The van der Waals surface area contributed by atoms with Crippen LogP contribution in [0.25, 0.3) is 10.2 Å². The van der Waals surface area contributed by atoms with Crippen LogP contribution >= 0.6 is 11.3 Å². The third-order valence-corrected chi connectivity index (χ3v) is 6.05. The van der Waals surface area contributed by atoms with Gasteiger partial charge in [-0.2, -0.15) is 0 Å². The second-order valence-electron chi connectivity index (χ2n) is 6.40. The van der Waals surface area contributed by atoms with Crippen molar-refractivity contribution in [3.8, 4) is 0 Å². The Labute approximate surface area is 148 Å². The average molecular weight is 354 g/mol. The first-order valence-electron chi connectivity index (χ1n) is 8.35. The Morgan fingerprint density at radius 2 is 2.12 bits per heavy atom. The second-order valence-corrected chi connectivity index (χ2v) is 7.48. The molecule has 2 heterocycles. The predicted octanol–water partition coefficient (Wildman–Crippen LogP) is 3.12. The lowest BCUT2D eigenvalue weighted by molar-refractivity contribution is -0.138. The average Bonchev–Trinajstić information content (AvgIpc) is 3.13. The number of hydrogen-bond acceptors (Lipinski definition) is 4. The number of carboxylic acid groups (broad SMARTS) is 1. The van der Waals surface area contributed by atoms with Crippen LogP contribution in [0.1, 0.15) is 34.2 Å². The Hall–Kier alpha value is -2.47. The van der Waals surface area contributed by atoms with Gasteiger partial charge in [0.25, 0.3) is 5.56 Å². The molecule has 0 radical (unpaired) electrons. The summed E-state index contributed by atoms with van der Waals surface area (Å²) in [6, 6.07) is 10.0. The number of benzene rings is 1. The summed E-state index contributed by atoms with van der Waals surface area (Å²) in [6.07, 6.45) is 2.03. The molecule has 5 nitrogen and oxygen atoms in total. The van der Waals surface area contributed by atoms with E-state index in [-0.39, 0.29) is 5.56 Å². The highest BCUT2D eigenvalue weighted by atomic mass is 32.1. The van der Waals surface area contributed by atoms with Crippen LogP contribution in [0.5, 0.6) is 0 Å². The maximum absolute atomic E-state index is 13.1. The fourth-order valence-corrected chi connectivity index (χ4v) is 4.91. The number of aryl methyl sites for hydroxylation is 3. The molecule has 4 rings (SSSR count). The van der Waals surface area contributed by atoms with E-state index in [1.165, 1.54) is 11.3 Å². The third kappa shape index (κ3) is 2.66. The normalized spacial score (nSPS) is 16.3. The number of nitrogens with zero attached hydrogens (tertiary/aromatic N) is 2. The van der Waals surface area contributed by atoms with Gasteiger partial charge in [-0.1, -0.05) is 30.3 Å². The first-order valence-corrected chi connectivity index (χ1v) is 9.17. The van der Waals surface area contributed by atoms with Crippen molar-refractivity contribution in [3.63, 3.8) is 0 Å². The number of aliphatic carboxylic acids is 1. The topological polar surface area (TPSA) is 72.2 Å². The minimum atomic E-state index is -0.853. The minimum Gasteiger partial charge on any atom is -0.481 e. The number of carbonyl (C=O) groups is 1. The van der Waals surface area contributed by atoms with E-state index in [0.717, 1.165) is 23.3 Å². The highest BCUT2D eigenvalue weighted by molar-refractivity contribution is 7.18. The van der Waals surface area contributed by atoms with Crippen LogP contribution < -0.4 is 5.56 Å². The van der Waals surface area contributed by atoms with Gasteiger partial charge in [-0.15, -0.1) is 11.3 Å². The van der Waals surface area contributed by atoms with Crippen LogP contribution in [0, 0.1) is 6.92 Å². The third-order valence-electron chi connectivity index (χ3n) is 4.89. The summed E-state index contributed by atoms with van der Waals surface area (Å²) >= 11 is 1.47. The fraction of sp³-hybridized carbons (Fsp3) is 0.316. The van der Waals surface area contributed by atoms with Crippen LogP contribution in [0.15, 0.2) is 35.1 Å². The zero-order valence-electron chi connectivity index (χ0n) is 13.9. The van der Waals surface area contributed by atoms with Gasteiger partial charge in [0.15, 0.2) is 0 Å². The lowest BCUT2D eigenvalue weighted by Crippen LogP contribution is -2.25. The Bertz CT molecular complexity index is 1020. The molecule has 0 aliphatic heterocycles. The predicted molar refractivity (Wildman–Crippen MR) is 97.5 cm³/mol. The van der Waals surface area contributed by atoms with E-state index < -0.39 is 11.9 Å². The van der Waals surface area contributed by atoms with Crippen molar-refractivity contribution in [1.29, 1.82) is 0 Å². The summed E-state index contributed by atoms with van der Waals surface area (Å²) in [5.74, 6) is -0.752. The lowest BCUT2D eigenvalue weighted by atomic mass is 10.0. The Kier molecular flexibility index (Phi) is 3.92. The molecule has 0 amide bonds. The van der Waals surface area contributed by atoms with Crippen LogP contribution in [-0.2, 0) is 24.2 Å². The summed E-state index contributed by atoms with van der Waals surface area (Å²) < 4.78 is 1.68. The Balaban J connectivity index is 1.79. The summed E-state index contributed by atoms with van der Waals surface area (Å²) in [7, 11) is 0. The number of aromatic nitrogens is 2. The molecule has 0 saturated carbocycles. The summed E-state index contributed by atoms with van der Waals surface area (Å²) in [6.45, 7) is 2.38. The molecule has 1 aliphatic carbocycles. The number of rotatable bonds is 4. The molecule has 1 aliphatic rings. The maximum atomic E-state index is 13.1. The molecular formula is C19H18N2O3S. The molecule has 0 spiro atoms. The SMILES string of the molecule is Cc1nc2sc3c(c2c(=O)n1CCc1ccccc1)C(C(=O)O)CC3. The molecule has 1 unspecified atom stereocenters. The standard InChI is InChI=1S/C19H18N2O3S/c1-11-20-17-16(15-13(19(23)24)7-8-14(15)25-17)18(22)21(11)10-9-12-5-3-2-4-6-12/h2-6,13H,7-10H2,1H3,(H,23,24). The van der Waals surface area contributed by atoms with Gasteiger partial charge in [0, 0.05) is 11.4 Å². The molecule has 0 bridgehead atoms. The fourth-order valence-electron chi connectivity index (χ4n) is 3.62. The number of hydrogen-bond donors (Lipinski definition) is 1. The molecule has 25 heavy (non-hydrogen) atoms. The van der Waals surface area contributed by atoms with Crippen molar-refractivity contribution >= 4 is 27.5 Å². The largest absolute Gasteiger partial charge is 0.481 e. The molecule has 1 atom stereocenters. The number of carboxylic acids is 1.